The van der Waals surface area contributed by atoms with Crippen LogP contribution >= 0.6 is 11.6 Å². The van der Waals surface area contributed by atoms with Crippen LogP contribution in [-0.4, -0.2) is 17.4 Å². The number of carbonyl (C=O) groups is 1. The summed E-state index contributed by atoms with van der Waals surface area (Å²) in [7, 11) is 0. The summed E-state index contributed by atoms with van der Waals surface area (Å²) in [6.07, 6.45) is 1.05. The molecule has 0 saturated heterocycles. The smallest absolute Gasteiger partial charge is 0.271 e. The summed E-state index contributed by atoms with van der Waals surface area (Å²) in [4.78, 5) is 22.1. The van der Waals surface area contributed by atoms with Crippen molar-refractivity contribution in [3.63, 3.8) is 0 Å². The molecule has 0 aliphatic carbocycles. The monoisotopic (exact) mass is 362 g/mol. The van der Waals surface area contributed by atoms with Crippen LogP contribution in [0.2, 0.25) is 5.02 Å². The Bertz CT molecular complexity index is 762. The molecular formula is C18H19ClN2O4. The minimum Gasteiger partial charge on any atom is -0.484 e. The first kappa shape index (κ1) is 18.7. The fourth-order valence-electron chi connectivity index (χ4n) is 2.18. The Balaban J connectivity index is 1.91. The number of halogens is 1. The molecule has 0 spiro atoms. The summed E-state index contributed by atoms with van der Waals surface area (Å²) in [5.41, 5.74) is 1.38. The second-order valence-corrected chi connectivity index (χ2v) is 6.04. The average Bonchev–Trinajstić information content (AvgIpc) is 2.61. The number of hydrogen-bond acceptors (Lipinski definition) is 4. The predicted octanol–water partition coefficient (Wildman–Crippen LogP) is 4.78. The van der Waals surface area contributed by atoms with Gasteiger partial charge in [-0.2, -0.15) is 0 Å². The zero-order valence-electron chi connectivity index (χ0n) is 14.0. The fraction of sp³-hybridized carbons (Fsp3) is 0.278. The number of hydrogen-bond donors (Lipinski definition) is 1. The lowest BCUT2D eigenvalue weighted by Gasteiger charge is -2.11. The molecule has 6 nitrogen and oxygen atoms in total. The first-order valence-corrected chi connectivity index (χ1v) is 8.25. The molecule has 1 atom stereocenters. The molecule has 7 heteroatoms. The number of anilines is 1. The highest BCUT2D eigenvalue weighted by Crippen LogP contribution is 2.26. The van der Waals surface area contributed by atoms with E-state index >= 15 is 0 Å². The number of amides is 1. The summed E-state index contributed by atoms with van der Waals surface area (Å²) < 4.78 is 5.45. The van der Waals surface area contributed by atoms with E-state index in [0.29, 0.717) is 17.4 Å². The normalized spacial score (nSPS) is 11.6. The van der Waals surface area contributed by atoms with Crippen LogP contribution in [0.4, 0.5) is 11.4 Å². The number of ether oxygens (including phenoxy) is 1. The van der Waals surface area contributed by atoms with Gasteiger partial charge in [0, 0.05) is 12.1 Å². The zero-order chi connectivity index (χ0) is 18.4. The molecule has 0 fully saturated rings. The second-order valence-electron chi connectivity index (χ2n) is 5.64. The van der Waals surface area contributed by atoms with Gasteiger partial charge in [-0.3, -0.25) is 14.9 Å². The lowest BCUT2D eigenvalue weighted by molar-refractivity contribution is -0.384. The minimum absolute atomic E-state index is 0.0976. The first-order valence-electron chi connectivity index (χ1n) is 7.87. The van der Waals surface area contributed by atoms with Crippen LogP contribution in [0, 0.1) is 10.1 Å². The van der Waals surface area contributed by atoms with E-state index < -0.39 is 10.8 Å². The summed E-state index contributed by atoms with van der Waals surface area (Å²) in [6.45, 7) is 4.09. The highest BCUT2D eigenvalue weighted by atomic mass is 35.5. The highest BCUT2D eigenvalue weighted by Gasteiger charge is 2.12. The molecule has 2 rings (SSSR count). The quantitative estimate of drug-likeness (QED) is 0.567. The maximum Gasteiger partial charge on any atom is 0.271 e. The van der Waals surface area contributed by atoms with Crippen molar-refractivity contribution >= 4 is 28.9 Å². The molecule has 0 aliphatic rings. The summed E-state index contributed by atoms with van der Waals surface area (Å²) in [5, 5.41) is 13.3. The van der Waals surface area contributed by atoms with E-state index in [1.165, 1.54) is 23.8 Å². The van der Waals surface area contributed by atoms with Gasteiger partial charge in [-0.1, -0.05) is 37.6 Å². The molecule has 25 heavy (non-hydrogen) atoms. The maximum atomic E-state index is 11.9. The molecule has 132 valence electrons. The molecule has 0 saturated carbocycles. The van der Waals surface area contributed by atoms with Crippen molar-refractivity contribution < 1.29 is 14.5 Å². The number of non-ortho nitro benzene ring substituents is 1. The van der Waals surface area contributed by atoms with Crippen molar-refractivity contribution in [2.45, 2.75) is 26.2 Å². The third-order valence-electron chi connectivity index (χ3n) is 3.87. The van der Waals surface area contributed by atoms with Crippen molar-refractivity contribution in [1.82, 2.24) is 0 Å². The molecule has 1 N–H and O–H groups in total. The van der Waals surface area contributed by atoms with E-state index in [1.54, 1.807) is 0 Å². The van der Waals surface area contributed by atoms with E-state index in [1.807, 2.05) is 24.3 Å². The summed E-state index contributed by atoms with van der Waals surface area (Å²) >= 11 is 5.94. The Labute approximate surface area is 150 Å². The third-order valence-corrected chi connectivity index (χ3v) is 4.18. The van der Waals surface area contributed by atoms with Gasteiger partial charge in [-0.25, -0.2) is 0 Å². The molecular weight excluding hydrogens is 344 g/mol. The van der Waals surface area contributed by atoms with Gasteiger partial charge in [-0.05, 0) is 36.1 Å². The number of rotatable bonds is 7. The molecule has 0 heterocycles. The molecule has 0 aromatic heterocycles. The average molecular weight is 363 g/mol. The van der Waals surface area contributed by atoms with E-state index in [9.17, 15) is 14.9 Å². The number of nitrogens with one attached hydrogen (secondary N) is 1. The van der Waals surface area contributed by atoms with Crippen LogP contribution in [0.1, 0.15) is 31.7 Å². The van der Waals surface area contributed by atoms with Gasteiger partial charge in [0.2, 0.25) is 0 Å². The maximum absolute atomic E-state index is 11.9. The Morgan fingerprint density at radius 1 is 1.28 bits per heavy atom. The number of nitro groups is 1. The Kier molecular flexibility index (Phi) is 6.36. The molecule has 0 radical (unpaired) electrons. The number of nitro benzene ring substituents is 1. The summed E-state index contributed by atoms with van der Waals surface area (Å²) in [5.74, 6) is 0.667. The van der Waals surface area contributed by atoms with Crippen molar-refractivity contribution in [2.24, 2.45) is 0 Å². The van der Waals surface area contributed by atoms with Crippen LogP contribution in [0.5, 0.6) is 5.75 Å². The molecule has 2 aromatic rings. The van der Waals surface area contributed by atoms with Crippen molar-refractivity contribution in [2.75, 3.05) is 11.9 Å². The predicted molar refractivity (Wildman–Crippen MR) is 97.4 cm³/mol. The van der Waals surface area contributed by atoms with Gasteiger partial charge in [0.25, 0.3) is 11.6 Å². The minimum atomic E-state index is -0.552. The van der Waals surface area contributed by atoms with Crippen LogP contribution in [0.3, 0.4) is 0 Å². The number of benzene rings is 2. The second kappa shape index (κ2) is 8.48. The SMILES string of the molecule is CCC(C)c1ccc(OCC(=O)Nc2ccc([N+](=O)[O-])cc2Cl)cc1. The van der Waals surface area contributed by atoms with Crippen molar-refractivity contribution in [3.05, 3.63) is 63.2 Å². The van der Waals surface area contributed by atoms with E-state index in [-0.39, 0.29) is 17.3 Å². The van der Waals surface area contributed by atoms with Gasteiger partial charge >= 0.3 is 0 Å². The number of carbonyl (C=O) groups excluding carboxylic acids is 1. The molecule has 0 aliphatic heterocycles. The summed E-state index contributed by atoms with van der Waals surface area (Å²) in [6, 6.07) is 11.5. The van der Waals surface area contributed by atoms with Crippen molar-refractivity contribution in [1.29, 1.82) is 0 Å². The standard InChI is InChI=1S/C18H19ClN2O4/c1-3-12(2)13-4-7-15(8-5-13)25-11-18(22)20-17-9-6-14(21(23)24)10-16(17)19/h4-10,12H,3,11H2,1-2H3,(H,20,22). The Morgan fingerprint density at radius 2 is 1.96 bits per heavy atom. The van der Waals surface area contributed by atoms with Gasteiger partial charge in [0.15, 0.2) is 6.61 Å². The van der Waals surface area contributed by atoms with Gasteiger partial charge in [0.1, 0.15) is 5.75 Å². The van der Waals surface area contributed by atoms with Crippen LogP contribution in [-0.2, 0) is 4.79 Å². The van der Waals surface area contributed by atoms with Gasteiger partial charge in [-0.15, -0.1) is 0 Å². The fourth-order valence-corrected chi connectivity index (χ4v) is 2.40. The zero-order valence-corrected chi connectivity index (χ0v) is 14.7. The number of nitrogens with zero attached hydrogens (tertiary/aromatic N) is 1. The topological polar surface area (TPSA) is 81.5 Å². The van der Waals surface area contributed by atoms with Crippen molar-refractivity contribution in [3.8, 4) is 5.75 Å². The lowest BCUT2D eigenvalue weighted by Crippen LogP contribution is -2.20. The lowest BCUT2D eigenvalue weighted by atomic mass is 9.99. The Hall–Kier alpha value is -2.60. The molecule has 1 amide bonds. The largest absolute Gasteiger partial charge is 0.484 e. The van der Waals surface area contributed by atoms with E-state index in [0.717, 1.165) is 6.42 Å². The van der Waals surface area contributed by atoms with Crippen LogP contribution in [0.25, 0.3) is 0 Å². The third kappa shape index (κ3) is 5.19. The van der Waals surface area contributed by atoms with Gasteiger partial charge in [0.05, 0.1) is 15.6 Å². The van der Waals surface area contributed by atoms with E-state index in [2.05, 4.69) is 19.2 Å². The highest BCUT2D eigenvalue weighted by molar-refractivity contribution is 6.34. The Morgan fingerprint density at radius 3 is 2.52 bits per heavy atom. The van der Waals surface area contributed by atoms with Gasteiger partial charge < -0.3 is 10.1 Å². The van der Waals surface area contributed by atoms with E-state index in [4.69, 9.17) is 16.3 Å². The molecule has 0 bridgehead atoms. The molecule has 2 aromatic carbocycles. The van der Waals surface area contributed by atoms with Crippen LogP contribution < -0.4 is 10.1 Å². The first-order chi connectivity index (χ1) is 11.9. The van der Waals surface area contributed by atoms with Crippen LogP contribution in [0.15, 0.2) is 42.5 Å². The molecule has 1 unspecified atom stereocenters.